The molecule has 0 aliphatic heterocycles. The number of amides is 1. The molecule has 8 heteroatoms. The monoisotopic (exact) mass is 396 g/mol. The summed E-state index contributed by atoms with van der Waals surface area (Å²) in [5.41, 5.74) is 1.91. The second-order valence-electron chi connectivity index (χ2n) is 5.66. The smallest absolute Gasteiger partial charge is 0.344 e. The van der Waals surface area contributed by atoms with E-state index in [4.69, 9.17) is 32.7 Å². The van der Waals surface area contributed by atoms with Crippen LogP contribution in [0.2, 0.25) is 10.0 Å². The number of hydrogen-bond donors (Lipinski definition) is 1. The van der Waals surface area contributed by atoms with Crippen LogP contribution >= 0.6 is 23.2 Å². The number of aryl methyl sites for hydroxylation is 2. The number of aromatic nitrogens is 1. The van der Waals surface area contributed by atoms with E-state index in [1.165, 1.54) is 19.2 Å². The number of ether oxygens (including phenoxy) is 2. The molecule has 0 saturated carbocycles. The summed E-state index contributed by atoms with van der Waals surface area (Å²) >= 11 is 11.7. The number of esters is 1. The summed E-state index contributed by atoms with van der Waals surface area (Å²) in [5, 5.41) is 3.00. The summed E-state index contributed by atoms with van der Waals surface area (Å²) in [7, 11) is 0. The first kappa shape index (κ1) is 20.0. The van der Waals surface area contributed by atoms with Gasteiger partial charge < -0.3 is 14.8 Å². The van der Waals surface area contributed by atoms with Gasteiger partial charge in [-0.25, -0.2) is 9.78 Å². The van der Waals surface area contributed by atoms with Gasteiger partial charge >= 0.3 is 5.97 Å². The molecular formula is C18H18Cl2N2O4. The van der Waals surface area contributed by atoms with E-state index < -0.39 is 18.0 Å². The highest BCUT2D eigenvalue weighted by atomic mass is 35.5. The van der Waals surface area contributed by atoms with Crippen molar-refractivity contribution in [2.75, 3.05) is 11.9 Å². The SMILES string of the molecule is Cc1ccc(C)c(OCC(=O)O[C@H](C)C(=O)Nc2ncc(Cl)cc2Cl)c1. The van der Waals surface area contributed by atoms with Crippen molar-refractivity contribution in [3.63, 3.8) is 0 Å². The van der Waals surface area contributed by atoms with Crippen LogP contribution in [0.3, 0.4) is 0 Å². The first-order valence-electron chi connectivity index (χ1n) is 7.77. The van der Waals surface area contributed by atoms with Crippen molar-refractivity contribution < 1.29 is 19.1 Å². The van der Waals surface area contributed by atoms with E-state index in [-0.39, 0.29) is 17.4 Å². The fourth-order valence-corrected chi connectivity index (χ4v) is 2.44. The van der Waals surface area contributed by atoms with Gasteiger partial charge in [-0.1, -0.05) is 35.3 Å². The molecule has 1 N–H and O–H groups in total. The van der Waals surface area contributed by atoms with Gasteiger partial charge in [0.25, 0.3) is 5.91 Å². The van der Waals surface area contributed by atoms with Crippen LogP contribution in [0.1, 0.15) is 18.1 Å². The second-order valence-corrected chi connectivity index (χ2v) is 6.51. The van der Waals surface area contributed by atoms with Gasteiger partial charge in [-0.05, 0) is 44.0 Å². The molecule has 0 unspecified atom stereocenters. The molecule has 2 aromatic rings. The highest BCUT2D eigenvalue weighted by Crippen LogP contribution is 2.23. The lowest BCUT2D eigenvalue weighted by Gasteiger charge is -2.14. The minimum Gasteiger partial charge on any atom is -0.482 e. The lowest BCUT2D eigenvalue weighted by molar-refractivity contribution is -0.155. The Labute approximate surface area is 161 Å². The molecule has 0 spiro atoms. The lowest BCUT2D eigenvalue weighted by Crippen LogP contribution is -2.32. The number of halogens is 2. The largest absolute Gasteiger partial charge is 0.482 e. The van der Waals surface area contributed by atoms with E-state index in [2.05, 4.69) is 10.3 Å². The molecule has 138 valence electrons. The van der Waals surface area contributed by atoms with Crippen molar-refractivity contribution >= 4 is 40.9 Å². The summed E-state index contributed by atoms with van der Waals surface area (Å²) in [6, 6.07) is 7.12. The standard InChI is InChI=1S/C18H18Cl2N2O4/c1-10-4-5-11(2)15(6-10)25-9-16(23)26-12(3)18(24)22-17-14(20)7-13(19)8-21-17/h4-8,12H,9H2,1-3H3,(H,21,22,24)/t12-/m1/s1. The second kappa shape index (κ2) is 8.87. The van der Waals surface area contributed by atoms with Crippen LogP contribution in [-0.4, -0.2) is 29.6 Å². The third-order valence-corrected chi connectivity index (χ3v) is 3.91. The molecule has 6 nitrogen and oxygen atoms in total. The van der Waals surface area contributed by atoms with Crippen LogP contribution in [0.4, 0.5) is 5.82 Å². The zero-order valence-electron chi connectivity index (χ0n) is 14.5. The Morgan fingerprint density at radius 3 is 2.65 bits per heavy atom. The number of carbonyl (C=O) groups excluding carboxylic acids is 2. The van der Waals surface area contributed by atoms with Gasteiger partial charge in [0, 0.05) is 6.20 Å². The molecular weight excluding hydrogens is 379 g/mol. The van der Waals surface area contributed by atoms with Gasteiger partial charge in [0.05, 0.1) is 10.0 Å². The summed E-state index contributed by atoms with van der Waals surface area (Å²) in [6.45, 7) is 4.93. The Morgan fingerprint density at radius 2 is 1.96 bits per heavy atom. The molecule has 0 aliphatic rings. The van der Waals surface area contributed by atoms with Crippen LogP contribution < -0.4 is 10.1 Å². The number of rotatable bonds is 6. The molecule has 0 bridgehead atoms. The molecule has 0 fully saturated rings. The van der Waals surface area contributed by atoms with Crippen LogP contribution in [0, 0.1) is 13.8 Å². The van der Waals surface area contributed by atoms with E-state index in [1.807, 2.05) is 32.0 Å². The summed E-state index contributed by atoms with van der Waals surface area (Å²) in [5.74, 6) is -0.502. The Kier molecular flexibility index (Phi) is 6.83. The molecule has 2 rings (SSSR count). The fraction of sp³-hybridized carbons (Fsp3) is 0.278. The van der Waals surface area contributed by atoms with Gasteiger partial charge in [0.2, 0.25) is 0 Å². The summed E-state index contributed by atoms with van der Waals surface area (Å²) in [6.07, 6.45) is 0.302. The highest BCUT2D eigenvalue weighted by Gasteiger charge is 2.20. The van der Waals surface area contributed by atoms with Gasteiger partial charge in [0.1, 0.15) is 5.75 Å². The normalized spacial score (nSPS) is 11.6. The maximum atomic E-state index is 12.1. The Balaban J connectivity index is 1.87. The molecule has 1 aromatic heterocycles. The quantitative estimate of drug-likeness (QED) is 0.747. The van der Waals surface area contributed by atoms with Crippen molar-refractivity contribution in [2.24, 2.45) is 0 Å². The first-order valence-corrected chi connectivity index (χ1v) is 8.53. The predicted molar refractivity (Wildman–Crippen MR) is 99.9 cm³/mol. The highest BCUT2D eigenvalue weighted by molar-refractivity contribution is 6.36. The van der Waals surface area contributed by atoms with Gasteiger partial charge in [0.15, 0.2) is 18.5 Å². The third kappa shape index (κ3) is 5.61. The third-order valence-electron chi connectivity index (χ3n) is 3.42. The summed E-state index contributed by atoms with van der Waals surface area (Å²) in [4.78, 5) is 27.9. The van der Waals surface area contributed by atoms with Gasteiger partial charge in [-0.15, -0.1) is 0 Å². The molecule has 1 amide bonds. The maximum absolute atomic E-state index is 12.1. The number of anilines is 1. The number of benzene rings is 1. The lowest BCUT2D eigenvalue weighted by atomic mass is 10.1. The Bertz CT molecular complexity index is 827. The number of pyridine rings is 1. The van der Waals surface area contributed by atoms with Crippen molar-refractivity contribution in [2.45, 2.75) is 26.9 Å². The molecule has 1 heterocycles. The van der Waals surface area contributed by atoms with E-state index in [1.54, 1.807) is 0 Å². The number of carbonyl (C=O) groups is 2. The van der Waals surface area contributed by atoms with E-state index in [0.717, 1.165) is 11.1 Å². The van der Waals surface area contributed by atoms with Crippen LogP contribution in [0.15, 0.2) is 30.5 Å². The topological polar surface area (TPSA) is 77.5 Å². The Hall–Kier alpha value is -2.31. The van der Waals surface area contributed by atoms with Crippen molar-refractivity contribution in [1.82, 2.24) is 4.98 Å². The minimum atomic E-state index is -1.04. The zero-order chi connectivity index (χ0) is 19.3. The minimum absolute atomic E-state index is 0.135. The fourth-order valence-electron chi connectivity index (χ4n) is 2.01. The molecule has 0 radical (unpaired) electrons. The number of nitrogens with zero attached hydrogens (tertiary/aromatic N) is 1. The number of hydrogen-bond acceptors (Lipinski definition) is 5. The van der Waals surface area contributed by atoms with Crippen molar-refractivity contribution in [1.29, 1.82) is 0 Å². The number of nitrogens with one attached hydrogen (secondary N) is 1. The zero-order valence-corrected chi connectivity index (χ0v) is 16.0. The molecule has 1 aromatic carbocycles. The molecule has 26 heavy (non-hydrogen) atoms. The maximum Gasteiger partial charge on any atom is 0.344 e. The van der Waals surface area contributed by atoms with Crippen LogP contribution in [-0.2, 0) is 14.3 Å². The van der Waals surface area contributed by atoms with E-state index in [9.17, 15) is 9.59 Å². The summed E-state index contributed by atoms with van der Waals surface area (Å²) < 4.78 is 10.5. The Morgan fingerprint density at radius 1 is 1.23 bits per heavy atom. The average Bonchev–Trinajstić information content (AvgIpc) is 2.58. The first-order chi connectivity index (χ1) is 12.3. The average molecular weight is 397 g/mol. The van der Waals surface area contributed by atoms with Gasteiger partial charge in [-0.2, -0.15) is 0 Å². The molecule has 0 aliphatic carbocycles. The predicted octanol–water partition coefficient (Wildman–Crippen LogP) is 3.95. The van der Waals surface area contributed by atoms with E-state index in [0.29, 0.717) is 10.8 Å². The van der Waals surface area contributed by atoms with E-state index >= 15 is 0 Å². The van der Waals surface area contributed by atoms with Crippen LogP contribution in [0.25, 0.3) is 0 Å². The van der Waals surface area contributed by atoms with Crippen molar-refractivity contribution in [3.05, 3.63) is 51.6 Å². The molecule has 0 saturated heterocycles. The van der Waals surface area contributed by atoms with Crippen molar-refractivity contribution in [3.8, 4) is 5.75 Å². The molecule has 1 atom stereocenters. The van der Waals surface area contributed by atoms with Gasteiger partial charge in [-0.3, -0.25) is 4.79 Å². The van der Waals surface area contributed by atoms with Crippen LogP contribution in [0.5, 0.6) is 5.75 Å².